The number of aromatic nitrogens is 1. The Morgan fingerprint density at radius 3 is 2.68 bits per heavy atom. The van der Waals surface area contributed by atoms with Crippen LogP contribution in [0.1, 0.15) is 15.9 Å². The predicted molar refractivity (Wildman–Crippen MR) is 62.4 cm³/mol. The number of benzene rings is 1. The summed E-state index contributed by atoms with van der Waals surface area (Å²) in [6.07, 6.45) is 1.10. The first-order valence-corrected chi connectivity index (χ1v) is 5.31. The maximum Gasteiger partial charge on any atom is 0.338 e. The van der Waals surface area contributed by atoms with Crippen LogP contribution in [0.15, 0.2) is 30.5 Å². The van der Waals surface area contributed by atoms with Crippen LogP contribution in [0.3, 0.4) is 0 Å². The highest BCUT2D eigenvalue weighted by atomic mass is 19.1. The Morgan fingerprint density at radius 1 is 1.32 bits per heavy atom. The molecule has 0 unspecified atom stereocenters. The summed E-state index contributed by atoms with van der Waals surface area (Å²) in [4.78, 5) is 14.3. The normalized spacial score (nSPS) is 10.3. The third-order valence-corrected chi connectivity index (χ3v) is 2.45. The van der Waals surface area contributed by atoms with Gasteiger partial charge in [-0.05, 0) is 24.6 Å². The SMILES string of the molecule is Cc1ccc(Oc2nccc(C(=O)O)c2F)cc1F. The summed E-state index contributed by atoms with van der Waals surface area (Å²) in [6.45, 7) is 1.57. The smallest absolute Gasteiger partial charge is 0.338 e. The molecule has 0 aliphatic carbocycles. The van der Waals surface area contributed by atoms with E-state index in [9.17, 15) is 13.6 Å². The number of carboxylic acids is 1. The fraction of sp³-hybridized carbons (Fsp3) is 0.0769. The first kappa shape index (κ1) is 12.9. The van der Waals surface area contributed by atoms with Crippen LogP contribution in [0.5, 0.6) is 11.6 Å². The number of aryl methyl sites for hydroxylation is 1. The lowest BCUT2D eigenvalue weighted by molar-refractivity contribution is 0.0690. The van der Waals surface area contributed by atoms with Gasteiger partial charge in [0.25, 0.3) is 5.88 Å². The van der Waals surface area contributed by atoms with E-state index in [-0.39, 0.29) is 5.75 Å². The number of rotatable bonds is 3. The van der Waals surface area contributed by atoms with Gasteiger partial charge in [0.1, 0.15) is 17.1 Å². The summed E-state index contributed by atoms with van der Waals surface area (Å²) in [5, 5.41) is 8.75. The van der Waals surface area contributed by atoms with Crippen molar-refractivity contribution in [2.24, 2.45) is 0 Å². The third-order valence-electron chi connectivity index (χ3n) is 2.45. The molecule has 0 aliphatic heterocycles. The molecule has 1 heterocycles. The summed E-state index contributed by atoms with van der Waals surface area (Å²) < 4.78 is 32.1. The number of hydrogen-bond acceptors (Lipinski definition) is 3. The number of carboxylic acid groups (broad SMARTS) is 1. The number of pyridine rings is 1. The lowest BCUT2D eigenvalue weighted by Crippen LogP contribution is -2.03. The van der Waals surface area contributed by atoms with E-state index in [0.717, 1.165) is 18.3 Å². The Hall–Kier alpha value is -2.50. The van der Waals surface area contributed by atoms with Crippen molar-refractivity contribution in [3.05, 3.63) is 53.2 Å². The fourth-order valence-corrected chi connectivity index (χ4v) is 1.41. The van der Waals surface area contributed by atoms with Crippen molar-refractivity contribution in [3.63, 3.8) is 0 Å². The van der Waals surface area contributed by atoms with Gasteiger partial charge in [-0.25, -0.2) is 18.6 Å². The zero-order valence-corrected chi connectivity index (χ0v) is 9.85. The molecule has 0 spiro atoms. The standard InChI is InChI=1S/C13H9F2NO3/c1-7-2-3-8(6-10(7)14)19-12-11(15)9(13(17)18)4-5-16-12/h2-6H,1H3,(H,17,18). The second-order valence-corrected chi connectivity index (χ2v) is 3.80. The minimum Gasteiger partial charge on any atom is -0.478 e. The zero-order valence-electron chi connectivity index (χ0n) is 9.85. The summed E-state index contributed by atoms with van der Waals surface area (Å²) in [6, 6.07) is 4.99. The molecular weight excluding hydrogens is 256 g/mol. The molecule has 6 heteroatoms. The molecule has 98 valence electrons. The molecule has 0 bridgehead atoms. The van der Waals surface area contributed by atoms with E-state index in [1.807, 2.05) is 0 Å². The Bertz CT molecular complexity index is 644. The number of nitrogens with zero attached hydrogens (tertiary/aromatic N) is 1. The van der Waals surface area contributed by atoms with Crippen molar-refractivity contribution >= 4 is 5.97 Å². The molecule has 0 aliphatic rings. The number of halogens is 2. The molecule has 1 N–H and O–H groups in total. The Morgan fingerprint density at radius 2 is 2.05 bits per heavy atom. The van der Waals surface area contributed by atoms with E-state index in [1.165, 1.54) is 12.1 Å². The molecule has 0 fully saturated rings. The van der Waals surface area contributed by atoms with Crippen molar-refractivity contribution in [1.82, 2.24) is 4.98 Å². The predicted octanol–water partition coefficient (Wildman–Crippen LogP) is 3.16. The third kappa shape index (κ3) is 2.67. The minimum absolute atomic E-state index is 0.0389. The highest BCUT2D eigenvalue weighted by molar-refractivity contribution is 5.88. The molecule has 0 saturated carbocycles. The molecule has 4 nitrogen and oxygen atoms in total. The number of carbonyl (C=O) groups is 1. The van der Waals surface area contributed by atoms with Crippen molar-refractivity contribution in [3.8, 4) is 11.6 Å². The maximum atomic E-state index is 13.7. The Balaban J connectivity index is 2.35. The van der Waals surface area contributed by atoms with Gasteiger partial charge in [-0.3, -0.25) is 0 Å². The van der Waals surface area contributed by atoms with Crippen LogP contribution in [0, 0.1) is 18.6 Å². The average molecular weight is 265 g/mol. The summed E-state index contributed by atoms with van der Waals surface area (Å²) >= 11 is 0. The van der Waals surface area contributed by atoms with Crippen molar-refractivity contribution in [2.75, 3.05) is 0 Å². The van der Waals surface area contributed by atoms with Crippen LogP contribution >= 0.6 is 0 Å². The minimum atomic E-state index is -1.43. The highest BCUT2D eigenvalue weighted by Gasteiger charge is 2.17. The number of hydrogen-bond donors (Lipinski definition) is 1. The molecule has 2 aromatic rings. The van der Waals surface area contributed by atoms with Gasteiger partial charge < -0.3 is 9.84 Å². The van der Waals surface area contributed by atoms with Gasteiger partial charge in [0, 0.05) is 12.3 Å². The molecule has 0 saturated heterocycles. The second-order valence-electron chi connectivity index (χ2n) is 3.80. The molecule has 0 atom stereocenters. The average Bonchev–Trinajstić information content (AvgIpc) is 2.36. The van der Waals surface area contributed by atoms with Crippen molar-refractivity contribution in [2.45, 2.75) is 6.92 Å². The Kier molecular flexibility index (Phi) is 3.41. The summed E-state index contributed by atoms with van der Waals surface area (Å²) in [5.74, 6) is -3.51. The van der Waals surface area contributed by atoms with E-state index in [0.29, 0.717) is 5.56 Å². The largest absolute Gasteiger partial charge is 0.478 e. The first-order valence-electron chi connectivity index (χ1n) is 5.31. The monoisotopic (exact) mass is 265 g/mol. The van der Waals surface area contributed by atoms with E-state index < -0.39 is 29.0 Å². The molecule has 1 aromatic carbocycles. The van der Waals surface area contributed by atoms with Crippen molar-refractivity contribution in [1.29, 1.82) is 0 Å². The van der Waals surface area contributed by atoms with E-state index in [2.05, 4.69) is 4.98 Å². The topological polar surface area (TPSA) is 59.4 Å². The molecular formula is C13H9F2NO3. The molecule has 19 heavy (non-hydrogen) atoms. The van der Waals surface area contributed by atoms with Gasteiger partial charge in [0.15, 0.2) is 5.82 Å². The van der Waals surface area contributed by atoms with Gasteiger partial charge in [-0.1, -0.05) is 6.07 Å². The van der Waals surface area contributed by atoms with Crippen LogP contribution in [0.4, 0.5) is 8.78 Å². The van der Waals surface area contributed by atoms with Crippen LogP contribution in [0.2, 0.25) is 0 Å². The van der Waals surface area contributed by atoms with Crippen molar-refractivity contribution < 1.29 is 23.4 Å². The molecule has 0 radical (unpaired) electrons. The van der Waals surface area contributed by atoms with Crippen LogP contribution < -0.4 is 4.74 Å². The van der Waals surface area contributed by atoms with E-state index in [4.69, 9.17) is 9.84 Å². The lowest BCUT2D eigenvalue weighted by Gasteiger charge is -2.07. The lowest BCUT2D eigenvalue weighted by atomic mass is 10.2. The second kappa shape index (κ2) is 5.01. The van der Waals surface area contributed by atoms with E-state index >= 15 is 0 Å². The zero-order chi connectivity index (χ0) is 14.0. The van der Waals surface area contributed by atoms with Gasteiger partial charge in [0.2, 0.25) is 0 Å². The van der Waals surface area contributed by atoms with E-state index in [1.54, 1.807) is 6.92 Å². The highest BCUT2D eigenvalue weighted by Crippen LogP contribution is 2.25. The maximum absolute atomic E-state index is 13.7. The molecule has 2 rings (SSSR count). The molecule has 0 amide bonds. The van der Waals surface area contributed by atoms with Crippen LogP contribution in [-0.4, -0.2) is 16.1 Å². The summed E-state index contributed by atoms with van der Waals surface area (Å²) in [5.41, 5.74) is -0.141. The summed E-state index contributed by atoms with van der Waals surface area (Å²) in [7, 11) is 0. The van der Waals surface area contributed by atoms with Gasteiger partial charge >= 0.3 is 5.97 Å². The number of aromatic carboxylic acids is 1. The van der Waals surface area contributed by atoms with Gasteiger partial charge in [0.05, 0.1) is 0 Å². The van der Waals surface area contributed by atoms with Gasteiger partial charge in [-0.2, -0.15) is 0 Å². The first-order chi connectivity index (χ1) is 8.99. The quantitative estimate of drug-likeness (QED) is 0.926. The number of ether oxygens (including phenoxy) is 1. The van der Waals surface area contributed by atoms with Crippen LogP contribution in [-0.2, 0) is 0 Å². The Labute approximate surface area is 107 Å². The van der Waals surface area contributed by atoms with Gasteiger partial charge in [-0.15, -0.1) is 0 Å². The molecule has 1 aromatic heterocycles. The fourth-order valence-electron chi connectivity index (χ4n) is 1.41. The van der Waals surface area contributed by atoms with Crippen LogP contribution in [0.25, 0.3) is 0 Å².